The normalized spacial score (nSPS) is 11.6. The quantitative estimate of drug-likeness (QED) is 0.453. The number of carboxylic acids is 1. The number of hydrogen-bond acceptors (Lipinski definition) is 5. The van der Waals surface area contributed by atoms with Crippen LogP contribution in [0.3, 0.4) is 0 Å². The van der Waals surface area contributed by atoms with Crippen LogP contribution in [0.2, 0.25) is 0 Å². The lowest BCUT2D eigenvalue weighted by atomic mass is 10.2. The second-order valence-electron chi connectivity index (χ2n) is 3.70. The summed E-state index contributed by atoms with van der Waals surface area (Å²) >= 11 is 0. The second-order valence-corrected chi connectivity index (χ2v) is 3.70. The molecule has 1 heterocycles. The first-order valence-electron chi connectivity index (χ1n) is 5.17. The summed E-state index contributed by atoms with van der Waals surface area (Å²) < 4.78 is 0. The van der Waals surface area contributed by atoms with E-state index in [1.54, 1.807) is 6.92 Å². The highest BCUT2D eigenvalue weighted by Crippen LogP contribution is 2.23. The van der Waals surface area contributed by atoms with Gasteiger partial charge in [-0.05, 0) is 18.9 Å². The average molecular weight is 251 g/mol. The number of nitrogens with zero attached hydrogens (tertiary/aromatic N) is 2. The predicted molar refractivity (Wildman–Crippen MR) is 65.5 cm³/mol. The third kappa shape index (κ3) is 3.27. The maximum atomic E-state index is 10.9. The molecule has 0 aliphatic rings. The van der Waals surface area contributed by atoms with Gasteiger partial charge < -0.3 is 10.4 Å². The lowest BCUT2D eigenvalue weighted by Gasteiger charge is -2.13. The molecular formula is C11H13N3O4. The Bertz CT molecular complexity index is 487. The summed E-state index contributed by atoms with van der Waals surface area (Å²) in [5, 5.41) is 22.3. The van der Waals surface area contributed by atoms with Crippen molar-refractivity contribution in [1.82, 2.24) is 4.98 Å². The number of pyridine rings is 1. The van der Waals surface area contributed by atoms with Gasteiger partial charge in [0.25, 0.3) is 0 Å². The number of aryl methyl sites for hydroxylation is 1. The number of anilines is 1. The van der Waals surface area contributed by atoms with Gasteiger partial charge in [0.05, 0.1) is 4.92 Å². The Labute approximate surface area is 103 Å². The van der Waals surface area contributed by atoms with Gasteiger partial charge in [-0.3, -0.25) is 10.1 Å². The van der Waals surface area contributed by atoms with E-state index >= 15 is 0 Å². The van der Waals surface area contributed by atoms with Crippen LogP contribution < -0.4 is 5.32 Å². The molecule has 0 fully saturated rings. The van der Waals surface area contributed by atoms with Crippen molar-refractivity contribution in [3.05, 3.63) is 40.6 Å². The molecule has 0 radical (unpaired) electrons. The molecule has 1 aromatic heterocycles. The summed E-state index contributed by atoms with van der Waals surface area (Å²) in [6.45, 7) is 5.11. The van der Waals surface area contributed by atoms with Crippen molar-refractivity contribution in [3.8, 4) is 0 Å². The monoisotopic (exact) mass is 251 g/mol. The molecule has 1 unspecified atom stereocenters. The highest BCUT2D eigenvalue weighted by Gasteiger charge is 2.22. The minimum Gasteiger partial charge on any atom is -0.480 e. The molecule has 0 saturated carbocycles. The van der Waals surface area contributed by atoms with Gasteiger partial charge in [0.15, 0.2) is 0 Å². The van der Waals surface area contributed by atoms with Gasteiger partial charge in [-0.15, -0.1) is 6.58 Å². The SMILES string of the molecule is C=CCC(Nc1ncc(C)cc1[N+](=O)[O-])C(=O)O. The van der Waals surface area contributed by atoms with Crippen LogP contribution in [0, 0.1) is 17.0 Å². The summed E-state index contributed by atoms with van der Waals surface area (Å²) in [6, 6.07) is 0.346. The summed E-state index contributed by atoms with van der Waals surface area (Å²) in [6.07, 6.45) is 3.00. The van der Waals surface area contributed by atoms with E-state index in [0.29, 0.717) is 5.56 Å². The first-order valence-corrected chi connectivity index (χ1v) is 5.17. The van der Waals surface area contributed by atoms with Gasteiger partial charge in [-0.2, -0.15) is 0 Å². The Morgan fingerprint density at radius 1 is 1.78 bits per heavy atom. The molecule has 0 aliphatic heterocycles. The van der Waals surface area contributed by atoms with Crippen LogP contribution in [0.5, 0.6) is 0 Å². The van der Waals surface area contributed by atoms with Crippen LogP contribution in [-0.4, -0.2) is 27.0 Å². The summed E-state index contributed by atoms with van der Waals surface area (Å²) in [5.74, 6) is -1.17. The van der Waals surface area contributed by atoms with Crippen LogP contribution in [0.15, 0.2) is 24.9 Å². The molecule has 1 aromatic rings. The van der Waals surface area contributed by atoms with E-state index in [0.717, 1.165) is 0 Å². The molecule has 0 aliphatic carbocycles. The lowest BCUT2D eigenvalue weighted by molar-refractivity contribution is -0.384. The van der Waals surface area contributed by atoms with Crippen molar-refractivity contribution >= 4 is 17.5 Å². The molecule has 0 aromatic carbocycles. The zero-order valence-electron chi connectivity index (χ0n) is 9.79. The van der Waals surface area contributed by atoms with Crippen molar-refractivity contribution in [1.29, 1.82) is 0 Å². The molecule has 7 heteroatoms. The smallest absolute Gasteiger partial charge is 0.326 e. The molecule has 1 rings (SSSR count). The van der Waals surface area contributed by atoms with Crippen molar-refractivity contribution in [2.24, 2.45) is 0 Å². The van der Waals surface area contributed by atoms with Crippen LogP contribution in [-0.2, 0) is 4.79 Å². The molecule has 2 N–H and O–H groups in total. The van der Waals surface area contributed by atoms with E-state index in [1.807, 2.05) is 0 Å². The van der Waals surface area contributed by atoms with Crippen LogP contribution >= 0.6 is 0 Å². The van der Waals surface area contributed by atoms with Crippen molar-refractivity contribution in [2.75, 3.05) is 5.32 Å². The number of carbonyl (C=O) groups is 1. The van der Waals surface area contributed by atoms with Crippen molar-refractivity contribution < 1.29 is 14.8 Å². The van der Waals surface area contributed by atoms with Gasteiger partial charge >= 0.3 is 11.7 Å². The van der Waals surface area contributed by atoms with E-state index in [2.05, 4.69) is 16.9 Å². The Morgan fingerprint density at radius 2 is 2.44 bits per heavy atom. The third-order valence-electron chi connectivity index (χ3n) is 2.21. The highest BCUT2D eigenvalue weighted by molar-refractivity contribution is 5.78. The number of nitrogens with one attached hydrogen (secondary N) is 1. The molecule has 0 saturated heterocycles. The maximum absolute atomic E-state index is 10.9. The number of aromatic nitrogens is 1. The lowest BCUT2D eigenvalue weighted by Crippen LogP contribution is -2.29. The fraction of sp³-hybridized carbons (Fsp3) is 0.273. The summed E-state index contributed by atoms with van der Waals surface area (Å²) in [5.41, 5.74) is 0.383. The summed E-state index contributed by atoms with van der Waals surface area (Å²) in [4.78, 5) is 25.0. The van der Waals surface area contributed by atoms with E-state index in [1.165, 1.54) is 18.3 Å². The van der Waals surface area contributed by atoms with Crippen molar-refractivity contribution in [2.45, 2.75) is 19.4 Å². The average Bonchev–Trinajstić information content (AvgIpc) is 2.30. The largest absolute Gasteiger partial charge is 0.480 e. The number of nitro groups is 1. The maximum Gasteiger partial charge on any atom is 0.326 e. The molecule has 0 spiro atoms. The summed E-state index contributed by atoms with van der Waals surface area (Å²) in [7, 11) is 0. The fourth-order valence-electron chi connectivity index (χ4n) is 1.36. The molecule has 0 bridgehead atoms. The molecule has 96 valence electrons. The van der Waals surface area contributed by atoms with E-state index in [9.17, 15) is 14.9 Å². The number of rotatable bonds is 6. The first kappa shape index (κ1) is 13.6. The second kappa shape index (κ2) is 5.76. The van der Waals surface area contributed by atoms with Gasteiger partial charge in [0, 0.05) is 12.3 Å². The molecule has 1 atom stereocenters. The van der Waals surface area contributed by atoms with Crippen LogP contribution in [0.4, 0.5) is 11.5 Å². The highest BCUT2D eigenvalue weighted by atomic mass is 16.6. The number of carboxylic acid groups (broad SMARTS) is 1. The van der Waals surface area contributed by atoms with Gasteiger partial charge in [0.1, 0.15) is 6.04 Å². The van der Waals surface area contributed by atoms with Crippen LogP contribution in [0.25, 0.3) is 0 Å². The Balaban J connectivity index is 3.05. The standard InChI is InChI=1S/C11H13N3O4/c1-3-4-8(11(15)16)13-10-9(14(17)18)5-7(2)6-12-10/h3,5-6,8H,1,4H2,2H3,(H,12,13)(H,15,16). The number of hydrogen-bond donors (Lipinski definition) is 2. The van der Waals surface area contributed by atoms with Crippen molar-refractivity contribution in [3.63, 3.8) is 0 Å². The third-order valence-corrected chi connectivity index (χ3v) is 2.21. The van der Waals surface area contributed by atoms with E-state index in [4.69, 9.17) is 5.11 Å². The van der Waals surface area contributed by atoms with Gasteiger partial charge in [-0.25, -0.2) is 9.78 Å². The molecule has 7 nitrogen and oxygen atoms in total. The predicted octanol–water partition coefficient (Wildman–Crippen LogP) is 1.74. The molecule has 0 amide bonds. The molecular weight excluding hydrogens is 238 g/mol. The Morgan fingerprint density at radius 3 is 2.94 bits per heavy atom. The Hall–Kier alpha value is -2.44. The van der Waals surface area contributed by atoms with E-state index in [-0.39, 0.29) is 17.9 Å². The zero-order chi connectivity index (χ0) is 13.7. The topological polar surface area (TPSA) is 105 Å². The van der Waals surface area contributed by atoms with E-state index < -0.39 is 16.9 Å². The minimum atomic E-state index is -1.12. The minimum absolute atomic E-state index is 0.0557. The van der Waals surface area contributed by atoms with Crippen LogP contribution in [0.1, 0.15) is 12.0 Å². The Kier molecular flexibility index (Phi) is 4.36. The zero-order valence-corrected chi connectivity index (χ0v) is 9.79. The first-order chi connectivity index (χ1) is 8.45. The molecule has 18 heavy (non-hydrogen) atoms. The fourth-order valence-corrected chi connectivity index (χ4v) is 1.36. The van der Waals surface area contributed by atoms with Gasteiger partial charge in [-0.1, -0.05) is 6.08 Å². The number of aliphatic carboxylic acids is 1. The van der Waals surface area contributed by atoms with Gasteiger partial charge in [0.2, 0.25) is 5.82 Å².